The molecule has 0 spiro atoms. The van der Waals surface area contributed by atoms with E-state index in [4.69, 9.17) is 4.52 Å². The first kappa shape index (κ1) is 21.6. The number of rotatable bonds is 5. The fourth-order valence-corrected chi connectivity index (χ4v) is 5.18. The van der Waals surface area contributed by atoms with E-state index in [1.807, 2.05) is 42.5 Å². The van der Waals surface area contributed by atoms with Gasteiger partial charge in [-0.15, -0.1) is 0 Å². The van der Waals surface area contributed by atoms with E-state index in [0.29, 0.717) is 22.5 Å². The van der Waals surface area contributed by atoms with Crippen LogP contribution in [0.4, 0.5) is 5.69 Å². The van der Waals surface area contributed by atoms with Gasteiger partial charge in [-0.1, -0.05) is 29.4 Å². The average molecular weight is 448 g/mol. The largest absolute Gasteiger partial charge is 0.391 e. The molecular weight excluding hydrogens is 418 g/mol. The highest BCUT2D eigenvalue weighted by Gasteiger charge is 2.31. The summed E-state index contributed by atoms with van der Waals surface area (Å²) in [6, 6.07) is 15.2. The van der Waals surface area contributed by atoms with Gasteiger partial charge in [-0.25, -0.2) is 0 Å². The maximum absolute atomic E-state index is 12.6. The summed E-state index contributed by atoms with van der Waals surface area (Å²) in [6.45, 7) is 0. The summed E-state index contributed by atoms with van der Waals surface area (Å²) in [4.78, 5) is 25.2. The van der Waals surface area contributed by atoms with E-state index in [1.165, 1.54) is 5.56 Å². The second kappa shape index (κ2) is 9.35. The highest BCUT2D eigenvalue weighted by Crippen LogP contribution is 2.36. The van der Waals surface area contributed by atoms with Gasteiger partial charge in [0.2, 0.25) is 11.7 Å². The van der Waals surface area contributed by atoms with Crippen LogP contribution in [-0.2, 0) is 4.79 Å². The SMILES string of the molecule is O=C(Nc1ccc(C2CCC(C(=O)N[C@H]3CCC[C@@H]3O)CC2)cc1)c1onc2ccccc12. The predicted molar refractivity (Wildman–Crippen MR) is 125 cm³/mol. The van der Waals surface area contributed by atoms with E-state index in [9.17, 15) is 14.7 Å². The molecule has 0 aliphatic heterocycles. The Morgan fingerprint density at radius 1 is 0.939 bits per heavy atom. The average Bonchev–Trinajstić information content (AvgIpc) is 3.46. The number of hydrogen-bond donors (Lipinski definition) is 3. The van der Waals surface area contributed by atoms with E-state index >= 15 is 0 Å². The zero-order valence-electron chi connectivity index (χ0n) is 18.5. The summed E-state index contributed by atoms with van der Waals surface area (Å²) in [5.41, 5.74) is 2.58. The van der Waals surface area contributed by atoms with Crippen molar-refractivity contribution >= 4 is 28.4 Å². The van der Waals surface area contributed by atoms with Crippen molar-refractivity contribution in [3.8, 4) is 0 Å². The second-order valence-electron chi connectivity index (χ2n) is 9.27. The molecule has 0 unspecified atom stereocenters. The van der Waals surface area contributed by atoms with Crippen molar-refractivity contribution in [2.45, 2.75) is 63.0 Å². The molecule has 2 aliphatic rings. The van der Waals surface area contributed by atoms with Crippen LogP contribution in [0.15, 0.2) is 53.1 Å². The number of aromatic nitrogens is 1. The summed E-state index contributed by atoms with van der Waals surface area (Å²) in [5, 5.41) is 20.5. The molecule has 1 aromatic heterocycles. The smallest absolute Gasteiger partial charge is 0.294 e. The summed E-state index contributed by atoms with van der Waals surface area (Å²) in [6.07, 6.45) is 5.87. The van der Waals surface area contributed by atoms with Crippen molar-refractivity contribution in [2.24, 2.45) is 5.92 Å². The number of carbonyl (C=O) groups is 2. The molecule has 2 fully saturated rings. The molecule has 7 heteroatoms. The quantitative estimate of drug-likeness (QED) is 0.538. The third-order valence-corrected chi connectivity index (χ3v) is 7.14. The maximum atomic E-state index is 12.6. The monoisotopic (exact) mass is 447 g/mol. The standard InChI is InChI=1S/C26H29N3O4/c30-23-7-3-6-22(23)28-25(31)18-10-8-16(9-11-18)17-12-14-19(15-13-17)27-26(32)24-20-4-1-2-5-21(20)29-33-24/h1-2,4-5,12-16,18,22-23,30H,3,6-11H2,(H,27,32)(H,28,31)/t16?,18?,22-,23-/m0/s1. The zero-order chi connectivity index (χ0) is 22.8. The molecule has 2 amide bonds. The highest BCUT2D eigenvalue weighted by molar-refractivity contribution is 6.10. The molecule has 33 heavy (non-hydrogen) atoms. The number of benzene rings is 2. The first-order valence-corrected chi connectivity index (χ1v) is 11.8. The van der Waals surface area contributed by atoms with Gasteiger partial charge in [0.15, 0.2) is 0 Å². The molecule has 2 saturated carbocycles. The number of amides is 2. The molecule has 3 N–H and O–H groups in total. The van der Waals surface area contributed by atoms with E-state index < -0.39 is 6.10 Å². The zero-order valence-corrected chi connectivity index (χ0v) is 18.5. The molecule has 2 atom stereocenters. The number of aliphatic hydroxyl groups excluding tert-OH is 1. The van der Waals surface area contributed by atoms with Gasteiger partial charge in [-0.2, -0.15) is 0 Å². The number of nitrogens with one attached hydrogen (secondary N) is 2. The van der Waals surface area contributed by atoms with Crippen LogP contribution in [0.25, 0.3) is 10.9 Å². The van der Waals surface area contributed by atoms with Crippen LogP contribution >= 0.6 is 0 Å². The fourth-order valence-electron chi connectivity index (χ4n) is 5.18. The van der Waals surface area contributed by atoms with E-state index in [-0.39, 0.29) is 29.5 Å². The second-order valence-corrected chi connectivity index (χ2v) is 9.27. The lowest BCUT2D eigenvalue weighted by molar-refractivity contribution is -0.127. The number of nitrogens with zero attached hydrogens (tertiary/aromatic N) is 1. The Labute approximate surface area is 192 Å². The Morgan fingerprint density at radius 3 is 2.42 bits per heavy atom. The van der Waals surface area contributed by atoms with Crippen LogP contribution in [0.5, 0.6) is 0 Å². The molecule has 0 bridgehead atoms. The molecule has 7 nitrogen and oxygen atoms in total. The Kier molecular flexibility index (Phi) is 6.13. The van der Waals surface area contributed by atoms with Crippen LogP contribution in [0, 0.1) is 5.92 Å². The minimum atomic E-state index is -0.396. The molecule has 5 rings (SSSR count). The lowest BCUT2D eigenvalue weighted by atomic mass is 9.78. The predicted octanol–water partition coefficient (Wildman–Crippen LogP) is 4.38. The lowest BCUT2D eigenvalue weighted by Crippen LogP contribution is -2.43. The number of fused-ring (bicyclic) bond motifs is 1. The molecule has 3 aromatic rings. The van der Waals surface area contributed by atoms with Gasteiger partial charge in [0, 0.05) is 11.6 Å². The van der Waals surface area contributed by atoms with Crippen LogP contribution in [0.3, 0.4) is 0 Å². The molecule has 2 aromatic carbocycles. The first-order chi connectivity index (χ1) is 16.1. The normalized spacial score (nSPS) is 25.1. The fraction of sp³-hybridized carbons (Fsp3) is 0.423. The Balaban J connectivity index is 1.15. The molecule has 172 valence electrons. The Hall–Kier alpha value is -3.19. The third kappa shape index (κ3) is 4.64. The van der Waals surface area contributed by atoms with Crippen molar-refractivity contribution in [1.82, 2.24) is 10.5 Å². The first-order valence-electron chi connectivity index (χ1n) is 11.8. The van der Waals surface area contributed by atoms with Crippen LogP contribution in [-0.4, -0.2) is 34.2 Å². The van der Waals surface area contributed by atoms with Gasteiger partial charge in [0.05, 0.1) is 17.5 Å². The molecule has 1 heterocycles. The Bertz CT molecular complexity index is 1130. The van der Waals surface area contributed by atoms with Crippen molar-refractivity contribution in [1.29, 1.82) is 0 Å². The maximum Gasteiger partial charge on any atom is 0.294 e. The van der Waals surface area contributed by atoms with Crippen LogP contribution in [0.1, 0.15) is 67.0 Å². The summed E-state index contributed by atoms with van der Waals surface area (Å²) < 4.78 is 5.24. The van der Waals surface area contributed by atoms with E-state index in [1.54, 1.807) is 6.07 Å². The third-order valence-electron chi connectivity index (χ3n) is 7.14. The number of hydrogen-bond acceptors (Lipinski definition) is 5. The summed E-state index contributed by atoms with van der Waals surface area (Å²) in [5.74, 6) is 0.419. The van der Waals surface area contributed by atoms with Crippen molar-refractivity contribution in [3.63, 3.8) is 0 Å². The minimum absolute atomic E-state index is 0.0318. The number of aliphatic hydroxyl groups is 1. The number of anilines is 1. The van der Waals surface area contributed by atoms with Gasteiger partial charge >= 0.3 is 0 Å². The van der Waals surface area contributed by atoms with E-state index in [0.717, 1.165) is 44.9 Å². The van der Waals surface area contributed by atoms with Gasteiger partial charge < -0.3 is 20.3 Å². The van der Waals surface area contributed by atoms with Crippen LogP contribution < -0.4 is 10.6 Å². The minimum Gasteiger partial charge on any atom is -0.391 e. The Morgan fingerprint density at radius 2 is 1.70 bits per heavy atom. The molecule has 0 radical (unpaired) electrons. The topological polar surface area (TPSA) is 104 Å². The van der Waals surface area contributed by atoms with Crippen molar-refractivity contribution < 1.29 is 19.2 Å². The summed E-state index contributed by atoms with van der Waals surface area (Å²) in [7, 11) is 0. The van der Waals surface area contributed by atoms with Gasteiger partial charge in [-0.05, 0) is 80.7 Å². The summed E-state index contributed by atoms with van der Waals surface area (Å²) >= 11 is 0. The molecule has 2 aliphatic carbocycles. The van der Waals surface area contributed by atoms with Gasteiger partial charge in [0.25, 0.3) is 5.91 Å². The van der Waals surface area contributed by atoms with E-state index in [2.05, 4.69) is 15.8 Å². The molecular formula is C26H29N3O4. The van der Waals surface area contributed by atoms with Gasteiger partial charge in [0.1, 0.15) is 5.52 Å². The highest BCUT2D eigenvalue weighted by atomic mass is 16.5. The molecule has 0 saturated heterocycles. The lowest BCUT2D eigenvalue weighted by Gasteiger charge is -2.29. The van der Waals surface area contributed by atoms with Crippen molar-refractivity contribution in [2.75, 3.05) is 5.32 Å². The number of carbonyl (C=O) groups excluding carboxylic acids is 2. The van der Waals surface area contributed by atoms with Crippen LogP contribution in [0.2, 0.25) is 0 Å². The van der Waals surface area contributed by atoms with Crippen molar-refractivity contribution in [3.05, 3.63) is 59.9 Å². The van der Waals surface area contributed by atoms with Gasteiger partial charge in [-0.3, -0.25) is 9.59 Å².